The summed E-state index contributed by atoms with van der Waals surface area (Å²) in [5.74, 6) is 1.56. The summed E-state index contributed by atoms with van der Waals surface area (Å²) in [5.41, 5.74) is 4.31. The fourth-order valence-corrected chi connectivity index (χ4v) is 3.90. The van der Waals surface area contributed by atoms with Crippen molar-refractivity contribution in [2.24, 2.45) is 0 Å². The first-order valence-electron chi connectivity index (χ1n) is 10.1. The van der Waals surface area contributed by atoms with Gasteiger partial charge < -0.3 is 4.74 Å². The second-order valence-electron chi connectivity index (χ2n) is 6.94. The van der Waals surface area contributed by atoms with Gasteiger partial charge in [-0.15, -0.1) is 0 Å². The monoisotopic (exact) mass is 394 g/mol. The second kappa shape index (κ2) is 7.97. The minimum Gasteiger partial charge on any atom is -0.340 e. The molecule has 0 N–H and O–H groups in total. The SMILES string of the molecule is CCOC1N(c2ccccc2)c2nccnc2N1c1ccccc1-c1ccccc1. The number of hydrogen-bond donors (Lipinski definition) is 0. The number of ether oxygens (including phenoxy) is 1. The molecule has 1 aliphatic rings. The van der Waals surface area contributed by atoms with E-state index in [1.165, 1.54) is 0 Å². The van der Waals surface area contributed by atoms with Gasteiger partial charge in [-0.25, -0.2) is 9.97 Å². The number of aromatic nitrogens is 2. The zero-order valence-electron chi connectivity index (χ0n) is 16.7. The number of para-hydroxylation sites is 2. The third kappa shape index (κ3) is 3.09. The molecule has 1 atom stereocenters. The van der Waals surface area contributed by atoms with E-state index in [4.69, 9.17) is 9.72 Å². The lowest BCUT2D eigenvalue weighted by Gasteiger charge is -2.32. The molecule has 0 fully saturated rings. The van der Waals surface area contributed by atoms with Crippen LogP contribution in [-0.2, 0) is 4.74 Å². The van der Waals surface area contributed by atoms with Crippen LogP contribution in [0.4, 0.5) is 23.0 Å². The van der Waals surface area contributed by atoms with Crippen LogP contribution >= 0.6 is 0 Å². The Balaban J connectivity index is 1.71. The first-order chi connectivity index (χ1) is 14.9. The highest BCUT2D eigenvalue weighted by molar-refractivity contribution is 5.89. The molecule has 0 aliphatic carbocycles. The maximum atomic E-state index is 6.28. The molecule has 1 aliphatic heterocycles. The molecule has 5 nitrogen and oxygen atoms in total. The zero-order chi connectivity index (χ0) is 20.3. The van der Waals surface area contributed by atoms with Gasteiger partial charge in [0.25, 0.3) is 0 Å². The van der Waals surface area contributed by atoms with Crippen LogP contribution in [0.5, 0.6) is 0 Å². The molecular formula is C25H22N4O. The van der Waals surface area contributed by atoms with Crippen molar-refractivity contribution in [1.29, 1.82) is 0 Å². The first-order valence-corrected chi connectivity index (χ1v) is 10.1. The standard InChI is InChI=1S/C25H22N4O/c1-2-30-25-28(20-13-7-4-8-14-20)23-24(27-18-17-26-23)29(25)22-16-10-9-15-21(22)19-11-5-3-6-12-19/h3-18,25H,2H2,1H3. The van der Waals surface area contributed by atoms with Crippen LogP contribution in [0.2, 0.25) is 0 Å². The third-order valence-electron chi connectivity index (χ3n) is 5.16. The van der Waals surface area contributed by atoms with Gasteiger partial charge in [0.1, 0.15) is 0 Å². The highest BCUT2D eigenvalue weighted by atomic mass is 16.5. The highest BCUT2D eigenvalue weighted by Gasteiger charge is 2.41. The van der Waals surface area contributed by atoms with Crippen molar-refractivity contribution in [3.63, 3.8) is 0 Å². The largest absolute Gasteiger partial charge is 0.340 e. The van der Waals surface area contributed by atoms with E-state index in [1.54, 1.807) is 12.4 Å². The van der Waals surface area contributed by atoms with Gasteiger partial charge in [0.2, 0.25) is 6.35 Å². The van der Waals surface area contributed by atoms with Crippen molar-refractivity contribution in [2.45, 2.75) is 13.3 Å². The van der Waals surface area contributed by atoms with E-state index in [0.29, 0.717) is 6.61 Å². The van der Waals surface area contributed by atoms with E-state index in [9.17, 15) is 0 Å². The zero-order valence-corrected chi connectivity index (χ0v) is 16.7. The van der Waals surface area contributed by atoms with Crippen LogP contribution in [0.3, 0.4) is 0 Å². The van der Waals surface area contributed by atoms with E-state index in [1.807, 2.05) is 37.3 Å². The number of hydrogen-bond acceptors (Lipinski definition) is 5. The van der Waals surface area contributed by atoms with Gasteiger partial charge >= 0.3 is 0 Å². The van der Waals surface area contributed by atoms with Crippen LogP contribution in [0.1, 0.15) is 6.92 Å². The molecule has 0 amide bonds. The minimum atomic E-state index is -0.389. The summed E-state index contributed by atoms with van der Waals surface area (Å²) in [6, 6.07) is 28.9. The molecule has 5 rings (SSSR count). The van der Waals surface area contributed by atoms with Gasteiger partial charge in [-0.05, 0) is 30.7 Å². The number of nitrogens with zero attached hydrogens (tertiary/aromatic N) is 4. The van der Waals surface area contributed by atoms with Gasteiger partial charge in [-0.3, -0.25) is 9.80 Å². The number of fused-ring (bicyclic) bond motifs is 1. The van der Waals surface area contributed by atoms with E-state index in [2.05, 4.69) is 69.4 Å². The molecule has 0 saturated heterocycles. The topological polar surface area (TPSA) is 41.5 Å². The summed E-state index contributed by atoms with van der Waals surface area (Å²) in [7, 11) is 0. The Kier molecular flexibility index (Phi) is 4.87. The second-order valence-corrected chi connectivity index (χ2v) is 6.94. The molecule has 148 valence electrons. The van der Waals surface area contributed by atoms with Crippen molar-refractivity contribution in [1.82, 2.24) is 9.97 Å². The van der Waals surface area contributed by atoms with Crippen LogP contribution in [0.25, 0.3) is 11.1 Å². The highest BCUT2D eigenvalue weighted by Crippen LogP contribution is 2.47. The van der Waals surface area contributed by atoms with Gasteiger partial charge in [-0.1, -0.05) is 66.7 Å². The Morgan fingerprint density at radius 1 is 0.733 bits per heavy atom. The maximum absolute atomic E-state index is 6.28. The van der Waals surface area contributed by atoms with Crippen molar-refractivity contribution in [3.05, 3.63) is 97.3 Å². The lowest BCUT2D eigenvalue weighted by molar-refractivity contribution is 0.0767. The maximum Gasteiger partial charge on any atom is 0.221 e. The molecule has 2 heterocycles. The van der Waals surface area contributed by atoms with Crippen molar-refractivity contribution in [3.8, 4) is 11.1 Å². The van der Waals surface area contributed by atoms with Gasteiger partial charge in [0, 0.05) is 30.3 Å². The molecule has 0 bridgehead atoms. The van der Waals surface area contributed by atoms with Crippen LogP contribution in [0.15, 0.2) is 97.3 Å². The first kappa shape index (κ1) is 18.3. The van der Waals surface area contributed by atoms with Crippen LogP contribution in [-0.4, -0.2) is 22.9 Å². The number of rotatable bonds is 5. The Morgan fingerprint density at radius 2 is 1.33 bits per heavy atom. The minimum absolute atomic E-state index is 0.389. The smallest absolute Gasteiger partial charge is 0.221 e. The summed E-state index contributed by atoms with van der Waals surface area (Å²) in [5, 5.41) is 0. The normalized spacial score (nSPS) is 15.3. The molecule has 1 unspecified atom stereocenters. The molecule has 30 heavy (non-hydrogen) atoms. The molecular weight excluding hydrogens is 372 g/mol. The summed E-state index contributed by atoms with van der Waals surface area (Å²) in [6.45, 7) is 2.57. The fourth-order valence-electron chi connectivity index (χ4n) is 3.90. The van der Waals surface area contributed by atoms with E-state index >= 15 is 0 Å². The molecule has 5 heteroatoms. The van der Waals surface area contributed by atoms with Gasteiger partial charge in [-0.2, -0.15) is 0 Å². The van der Waals surface area contributed by atoms with Crippen molar-refractivity contribution in [2.75, 3.05) is 16.4 Å². The molecule has 0 spiro atoms. The fraction of sp³-hybridized carbons (Fsp3) is 0.120. The van der Waals surface area contributed by atoms with Crippen LogP contribution < -0.4 is 9.80 Å². The van der Waals surface area contributed by atoms with Crippen LogP contribution in [0, 0.1) is 0 Å². The summed E-state index contributed by atoms with van der Waals surface area (Å²) >= 11 is 0. The molecule has 4 aromatic rings. The van der Waals surface area contributed by atoms with E-state index < -0.39 is 0 Å². The molecule has 0 saturated carbocycles. The third-order valence-corrected chi connectivity index (χ3v) is 5.16. The molecule has 0 radical (unpaired) electrons. The summed E-state index contributed by atoms with van der Waals surface area (Å²) in [6.07, 6.45) is 3.07. The molecule has 3 aromatic carbocycles. The quantitative estimate of drug-likeness (QED) is 0.431. The van der Waals surface area contributed by atoms with Gasteiger partial charge in [0.05, 0.1) is 5.69 Å². The lowest BCUT2D eigenvalue weighted by Crippen LogP contribution is -2.41. The number of anilines is 4. The predicted octanol–water partition coefficient (Wildman–Crippen LogP) is 5.75. The number of benzene rings is 3. The Hall–Kier alpha value is -3.70. The predicted molar refractivity (Wildman–Crippen MR) is 120 cm³/mol. The Labute approximate surface area is 176 Å². The van der Waals surface area contributed by atoms with E-state index in [-0.39, 0.29) is 6.35 Å². The van der Waals surface area contributed by atoms with Crippen molar-refractivity contribution >= 4 is 23.0 Å². The average molecular weight is 394 g/mol. The van der Waals surface area contributed by atoms with Gasteiger partial charge in [0.15, 0.2) is 11.6 Å². The average Bonchev–Trinajstić information content (AvgIpc) is 3.14. The summed E-state index contributed by atoms with van der Waals surface area (Å²) in [4.78, 5) is 13.6. The van der Waals surface area contributed by atoms with E-state index in [0.717, 1.165) is 34.1 Å². The lowest BCUT2D eigenvalue weighted by atomic mass is 10.0. The van der Waals surface area contributed by atoms with Crippen molar-refractivity contribution < 1.29 is 4.74 Å². The summed E-state index contributed by atoms with van der Waals surface area (Å²) < 4.78 is 6.28. The Morgan fingerprint density at radius 3 is 2.03 bits per heavy atom. The molecule has 1 aromatic heterocycles. The Bertz CT molecular complexity index is 1130.